The van der Waals surface area contributed by atoms with Gasteiger partial charge in [0.05, 0.1) is 30.3 Å². The number of halogens is 1. The number of carbonyl (C=O) groups is 1. The maximum absolute atomic E-state index is 13.8. The molecule has 8 nitrogen and oxygen atoms in total. The molecule has 0 atom stereocenters. The van der Waals surface area contributed by atoms with Crippen LogP contribution < -0.4 is 19.7 Å². The number of para-hydroxylation sites is 2. The van der Waals surface area contributed by atoms with Gasteiger partial charge in [0.25, 0.3) is 5.91 Å². The van der Waals surface area contributed by atoms with E-state index in [9.17, 15) is 17.6 Å². The average Bonchev–Trinajstić information content (AvgIpc) is 3.29. The van der Waals surface area contributed by atoms with Crippen LogP contribution in [0.15, 0.2) is 47.8 Å². The molecule has 0 saturated carbocycles. The third-order valence-corrected chi connectivity index (χ3v) is 7.13. The van der Waals surface area contributed by atoms with E-state index in [1.165, 1.54) is 42.9 Å². The number of benzene rings is 2. The van der Waals surface area contributed by atoms with Crippen molar-refractivity contribution in [1.29, 1.82) is 0 Å². The van der Waals surface area contributed by atoms with E-state index in [4.69, 9.17) is 4.74 Å². The second kappa shape index (κ2) is 10.1. The second-order valence-corrected chi connectivity index (χ2v) is 10.6. The first-order valence-electron chi connectivity index (χ1n) is 10.7. The molecule has 0 bridgehead atoms. The summed E-state index contributed by atoms with van der Waals surface area (Å²) < 4.78 is 44.7. The quantitative estimate of drug-likeness (QED) is 0.509. The van der Waals surface area contributed by atoms with Crippen molar-refractivity contribution in [1.82, 2.24) is 9.71 Å². The third-order valence-electron chi connectivity index (χ3n) is 5.50. The Balaban J connectivity index is 1.48. The summed E-state index contributed by atoms with van der Waals surface area (Å²) in [5, 5.41) is 5.03. The van der Waals surface area contributed by atoms with Crippen molar-refractivity contribution >= 4 is 38.6 Å². The van der Waals surface area contributed by atoms with Gasteiger partial charge in [-0.2, -0.15) is 0 Å². The first kappa shape index (κ1) is 24.1. The summed E-state index contributed by atoms with van der Waals surface area (Å²) in [6, 6.07) is 11.5. The van der Waals surface area contributed by atoms with E-state index in [2.05, 4.69) is 19.9 Å². The van der Waals surface area contributed by atoms with Gasteiger partial charge in [0.1, 0.15) is 22.3 Å². The summed E-state index contributed by atoms with van der Waals surface area (Å²) in [5.41, 5.74) is 2.20. The number of anilines is 2. The molecule has 1 aliphatic rings. The van der Waals surface area contributed by atoms with E-state index in [0.29, 0.717) is 47.9 Å². The number of nitrogens with one attached hydrogen (secondary N) is 2. The number of hydrogen-bond donors (Lipinski definition) is 2. The Morgan fingerprint density at radius 3 is 2.65 bits per heavy atom. The summed E-state index contributed by atoms with van der Waals surface area (Å²) >= 11 is 1.23. The minimum atomic E-state index is -3.25. The molecule has 2 heterocycles. The fraction of sp³-hybridized carbons (Fsp3) is 0.304. The largest absolute Gasteiger partial charge is 0.496 e. The smallest absolute Gasteiger partial charge is 0.275 e. The van der Waals surface area contributed by atoms with Crippen molar-refractivity contribution in [3.8, 4) is 16.3 Å². The second-order valence-electron chi connectivity index (χ2n) is 8.01. The molecule has 0 unspecified atom stereocenters. The Bertz CT molecular complexity index is 1290. The molecule has 0 radical (unpaired) electrons. The Hall–Kier alpha value is -3.02. The molecular formula is C23H25FN4O4S2. The Morgan fingerprint density at radius 1 is 1.21 bits per heavy atom. The zero-order chi connectivity index (χ0) is 24.3. The van der Waals surface area contributed by atoms with Gasteiger partial charge in [-0.3, -0.25) is 4.79 Å². The van der Waals surface area contributed by atoms with Gasteiger partial charge in [0.15, 0.2) is 0 Å². The van der Waals surface area contributed by atoms with Crippen LogP contribution in [0.25, 0.3) is 10.6 Å². The van der Waals surface area contributed by atoms with Crippen molar-refractivity contribution in [3.63, 3.8) is 0 Å². The van der Waals surface area contributed by atoms with Crippen LogP contribution in [-0.2, 0) is 10.0 Å². The van der Waals surface area contributed by atoms with E-state index in [-0.39, 0.29) is 17.6 Å². The first-order chi connectivity index (χ1) is 16.2. The molecule has 34 heavy (non-hydrogen) atoms. The number of methoxy groups -OCH3 is 1. The molecule has 2 N–H and O–H groups in total. The number of piperidine rings is 1. The van der Waals surface area contributed by atoms with Crippen LogP contribution in [0, 0.1) is 5.82 Å². The van der Waals surface area contributed by atoms with Gasteiger partial charge in [-0.1, -0.05) is 12.1 Å². The number of ether oxygens (including phenoxy) is 1. The zero-order valence-corrected chi connectivity index (χ0v) is 20.4. The number of aromatic nitrogens is 1. The lowest BCUT2D eigenvalue weighted by molar-refractivity contribution is 0.102. The topological polar surface area (TPSA) is 101 Å². The average molecular weight is 505 g/mol. The maximum atomic E-state index is 13.8. The van der Waals surface area contributed by atoms with Gasteiger partial charge >= 0.3 is 0 Å². The standard InChI is InChI=1S/C23H25FN4O4S2/c1-32-21-8-7-15(24)13-17(21)23-26-19(14-33-23)22(29)25-18-5-3-4-6-20(18)28-11-9-16(10-12-28)27-34(2,30)31/h3-8,13-14,16,27H,9-12H2,1-2H3,(H,25,29). The molecule has 1 aliphatic heterocycles. The molecule has 0 spiro atoms. The van der Waals surface area contributed by atoms with Gasteiger partial charge < -0.3 is 15.0 Å². The van der Waals surface area contributed by atoms with Crippen LogP contribution in [0.3, 0.4) is 0 Å². The molecule has 180 valence electrons. The molecule has 1 saturated heterocycles. The van der Waals surface area contributed by atoms with E-state index in [1.54, 1.807) is 5.38 Å². The lowest BCUT2D eigenvalue weighted by Crippen LogP contribution is -2.44. The Kier molecular flexibility index (Phi) is 7.15. The van der Waals surface area contributed by atoms with Crippen LogP contribution >= 0.6 is 11.3 Å². The van der Waals surface area contributed by atoms with Crippen LogP contribution in [0.5, 0.6) is 5.75 Å². The lowest BCUT2D eigenvalue weighted by atomic mass is 10.0. The van der Waals surface area contributed by atoms with Gasteiger partial charge in [0, 0.05) is 24.5 Å². The van der Waals surface area contributed by atoms with E-state index < -0.39 is 15.8 Å². The summed E-state index contributed by atoms with van der Waals surface area (Å²) in [6.45, 7) is 1.31. The van der Waals surface area contributed by atoms with Crippen molar-refractivity contribution in [2.45, 2.75) is 18.9 Å². The number of thiazole rings is 1. The van der Waals surface area contributed by atoms with Gasteiger partial charge in [-0.25, -0.2) is 22.5 Å². The van der Waals surface area contributed by atoms with Crippen LogP contribution in [0.4, 0.5) is 15.8 Å². The number of hydrogen-bond acceptors (Lipinski definition) is 7. The van der Waals surface area contributed by atoms with Gasteiger partial charge in [-0.15, -0.1) is 11.3 Å². The Labute approximate surface area is 201 Å². The molecule has 3 aromatic rings. The summed E-state index contributed by atoms with van der Waals surface area (Å²) in [4.78, 5) is 19.5. The molecule has 2 aromatic carbocycles. The number of amides is 1. The van der Waals surface area contributed by atoms with Crippen molar-refractivity contribution in [2.75, 3.05) is 36.7 Å². The van der Waals surface area contributed by atoms with Crippen molar-refractivity contribution in [2.24, 2.45) is 0 Å². The molecule has 1 amide bonds. The number of rotatable bonds is 7. The maximum Gasteiger partial charge on any atom is 0.275 e. The normalized spacial score (nSPS) is 14.7. The predicted molar refractivity (Wildman–Crippen MR) is 132 cm³/mol. The summed E-state index contributed by atoms with van der Waals surface area (Å²) in [7, 11) is -1.75. The van der Waals surface area contributed by atoms with Crippen LogP contribution in [-0.4, -0.2) is 51.8 Å². The van der Waals surface area contributed by atoms with Crippen LogP contribution in [0.2, 0.25) is 0 Å². The summed E-state index contributed by atoms with van der Waals surface area (Å²) in [6.07, 6.45) is 2.50. The SMILES string of the molecule is COc1ccc(F)cc1-c1nc(C(=O)Nc2ccccc2N2CCC(NS(C)(=O)=O)CC2)cs1. The highest BCUT2D eigenvalue weighted by molar-refractivity contribution is 7.88. The van der Waals surface area contributed by atoms with Gasteiger partial charge in [0.2, 0.25) is 10.0 Å². The van der Waals surface area contributed by atoms with Crippen molar-refractivity contribution < 1.29 is 22.3 Å². The minimum Gasteiger partial charge on any atom is -0.496 e. The molecule has 11 heteroatoms. The molecule has 4 rings (SSSR count). The lowest BCUT2D eigenvalue weighted by Gasteiger charge is -2.34. The fourth-order valence-electron chi connectivity index (χ4n) is 3.93. The number of sulfonamides is 1. The summed E-state index contributed by atoms with van der Waals surface area (Å²) in [5.74, 6) is -0.317. The highest BCUT2D eigenvalue weighted by Gasteiger charge is 2.24. The van der Waals surface area contributed by atoms with Crippen molar-refractivity contribution in [3.05, 3.63) is 59.4 Å². The monoisotopic (exact) mass is 504 g/mol. The molecule has 1 fully saturated rings. The minimum absolute atomic E-state index is 0.0961. The molecular weight excluding hydrogens is 479 g/mol. The predicted octanol–water partition coefficient (Wildman–Crippen LogP) is 3.73. The van der Waals surface area contributed by atoms with E-state index in [1.807, 2.05) is 24.3 Å². The highest BCUT2D eigenvalue weighted by atomic mass is 32.2. The molecule has 1 aromatic heterocycles. The zero-order valence-electron chi connectivity index (χ0n) is 18.7. The Morgan fingerprint density at radius 2 is 1.94 bits per heavy atom. The number of carbonyl (C=O) groups excluding carboxylic acids is 1. The van der Waals surface area contributed by atoms with Gasteiger partial charge in [-0.05, 0) is 43.2 Å². The highest BCUT2D eigenvalue weighted by Crippen LogP contribution is 2.33. The molecule has 0 aliphatic carbocycles. The van der Waals surface area contributed by atoms with Crippen LogP contribution in [0.1, 0.15) is 23.3 Å². The first-order valence-corrected chi connectivity index (χ1v) is 13.4. The van der Waals surface area contributed by atoms with E-state index >= 15 is 0 Å². The fourth-order valence-corrected chi connectivity index (χ4v) is 5.59. The number of nitrogens with zero attached hydrogens (tertiary/aromatic N) is 2. The third kappa shape index (κ3) is 5.72. The van der Waals surface area contributed by atoms with E-state index in [0.717, 1.165) is 5.69 Å².